The molecule has 4 atom stereocenters. The van der Waals surface area contributed by atoms with Crippen LogP contribution in [0.4, 0.5) is 17.1 Å². The summed E-state index contributed by atoms with van der Waals surface area (Å²) in [6.07, 6.45) is 10.1. The summed E-state index contributed by atoms with van der Waals surface area (Å²) in [5.74, 6) is -0.448. The van der Waals surface area contributed by atoms with Gasteiger partial charge < -0.3 is 50.1 Å². The molecule has 2 aliphatic carbocycles. The molecule has 12 rings (SSSR count). The molecule has 0 radical (unpaired) electrons. The predicted octanol–water partition coefficient (Wildman–Crippen LogP) is 11.6. The van der Waals surface area contributed by atoms with E-state index in [9.17, 15) is 33.1 Å². The number of aryl methyl sites for hydroxylation is 1. The Balaban J connectivity index is 0.549. The molecular formula is C79H104ClN13O10S2. The topological polar surface area (TPSA) is 271 Å². The zero-order chi connectivity index (χ0) is 74.0. The number of anilines is 3. The molecular weight excluding hydrogens is 1390 g/mol. The first kappa shape index (κ1) is 77.1. The summed E-state index contributed by atoms with van der Waals surface area (Å²) < 4.78 is 48.8. The molecule has 3 aliphatic heterocycles. The standard InChI is InChI=1S/C79H104ClN13O10S2/c1-52(55-10-12-57(13-11-55)72-53(2)85-51-104-72)86-76(96)70-44-63(94)50-93(70)77(97)73(78(3,4)5)81-28-38-101-40-41-102-39-37-89-29-33-91(34-30-89)61-18-8-54(9-19-61)47-83-68-23-21-65(45-69(68)87-98)105(99,100)88-75(95)66-22-20-62(43-71(66)103-64-42-58-25-27-82-74(58)84-48-64)92-35-31-90(32-36-92)49-59-24-26-79(6,7)46-67(59)56-14-16-60(80)17-15-56/h10-17,20-23,25,27,42-43,45,48,51-52,54,61,63,70,73,81,83,87,94,98H,8-9,18-19,24,26,28-41,44,46-47,49-50H2,1-7H3,(H,82,84)(H,86,96)(H,88,95)/t52-,54?,61?,63+,70-,73+/m0/s1. The van der Waals surface area contributed by atoms with Crippen molar-refractivity contribution >= 4 is 84.4 Å². The van der Waals surface area contributed by atoms with Crippen LogP contribution in [0, 0.1) is 23.7 Å². The van der Waals surface area contributed by atoms with E-state index in [2.05, 4.69) is 86.7 Å². The van der Waals surface area contributed by atoms with Gasteiger partial charge in [0.15, 0.2) is 0 Å². The summed E-state index contributed by atoms with van der Waals surface area (Å²) in [5.41, 5.74) is 13.1. The maximum Gasteiger partial charge on any atom is 0.268 e. The van der Waals surface area contributed by atoms with Crippen molar-refractivity contribution in [2.45, 2.75) is 135 Å². The Morgan fingerprint density at radius 3 is 2.27 bits per heavy atom. The monoisotopic (exact) mass is 1490 g/mol. The van der Waals surface area contributed by atoms with Gasteiger partial charge in [-0.3, -0.25) is 39.8 Å². The summed E-state index contributed by atoms with van der Waals surface area (Å²) in [6.45, 7) is 26.3. The lowest BCUT2D eigenvalue weighted by atomic mass is 9.72. The highest BCUT2D eigenvalue weighted by molar-refractivity contribution is 7.90. The Morgan fingerprint density at radius 2 is 1.55 bits per heavy atom. The Morgan fingerprint density at radius 1 is 0.829 bits per heavy atom. The van der Waals surface area contributed by atoms with Crippen LogP contribution >= 0.6 is 22.9 Å². The number of fused-ring (bicyclic) bond motifs is 1. The number of aliphatic hydroxyl groups excluding tert-OH is 1. The quantitative estimate of drug-likeness (QED) is 0.0160. The van der Waals surface area contributed by atoms with Gasteiger partial charge in [0.25, 0.3) is 15.9 Å². The van der Waals surface area contributed by atoms with E-state index >= 15 is 0 Å². The van der Waals surface area contributed by atoms with Crippen molar-refractivity contribution in [2.75, 3.05) is 127 Å². The van der Waals surface area contributed by atoms with Gasteiger partial charge in [0.2, 0.25) is 11.8 Å². The van der Waals surface area contributed by atoms with Crippen molar-refractivity contribution in [3.8, 4) is 21.9 Å². The molecule has 4 aromatic carbocycles. The second-order valence-electron chi connectivity index (χ2n) is 30.7. The summed E-state index contributed by atoms with van der Waals surface area (Å²) >= 11 is 7.89. The van der Waals surface area contributed by atoms with Gasteiger partial charge in [-0.25, -0.2) is 23.1 Å². The number of aliphatic hydroxyl groups is 1. The van der Waals surface area contributed by atoms with Gasteiger partial charge in [0.1, 0.15) is 23.2 Å². The van der Waals surface area contributed by atoms with Crippen molar-refractivity contribution in [3.05, 3.63) is 148 Å². The molecule has 3 saturated heterocycles. The number of thiazole rings is 1. The van der Waals surface area contributed by atoms with Crippen LogP contribution in [0.5, 0.6) is 11.5 Å². The molecule has 105 heavy (non-hydrogen) atoms. The number of nitrogens with one attached hydrogen (secondary N) is 6. The molecule has 564 valence electrons. The van der Waals surface area contributed by atoms with E-state index in [0.717, 1.165) is 148 Å². The summed E-state index contributed by atoms with van der Waals surface area (Å²) in [5, 5.41) is 32.6. The van der Waals surface area contributed by atoms with Crippen molar-refractivity contribution in [2.24, 2.45) is 16.7 Å². The van der Waals surface area contributed by atoms with Crippen LogP contribution in [-0.4, -0.2) is 207 Å². The number of aromatic amines is 1. The number of aromatic nitrogens is 3. The average Bonchev–Trinajstić information content (AvgIpc) is 1.73. The number of hydrogen-bond donors (Lipinski definition) is 8. The van der Waals surface area contributed by atoms with Gasteiger partial charge in [-0.15, -0.1) is 11.3 Å². The highest BCUT2D eigenvalue weighted by Crippen LogP contribution is 2.44. The van der Waals surface area contributed by atoms with Crippen molar-refractivity contribution in [3.63, 3.8) is 0 Å². The molecule has 26 heteroatoms. The van der Waals surface area contributed by atoms with Crippen LogP contribution in [0.15, 0.2) is 125 Å². The van der Waals surface area contributed by atoms with Crippen LogP contribution in [0.2, 0.25) is 5.02 Å². The third kappa shape index (κ3) is 19.8. The Labute approximate surface area is 626 Å². The van der Waals surface area contributed by atoms with Crippen LogP contribution < -0.4 is 35.8 Å². The molecule has 23 nitrogen and oxygen atoms in total. The van der Waals surface area contributed by atoms with E-state index < -0.39 is 39.5 Å². The summed E-state index contributed by atoms with van der Waals surface area (Å²) in [6, 6.07) is 28.3. The zero-order valence-electron chi connectivity index (χ0n) is 61.6. The number of halogens is 1. The highest BCUT2D eigenvalue weighted by Gasteiger charge is 2.44. The lowest BCUT2D eigenvalue weighted by Gasteiger charge is -2.42. The Kier molecular flexibility index (Phi) is 25.4. The van der Waals surface area contributed by atoms with Gasteiger partial charge in [0, 0.05) is 126 Å². The van der Waals surface area contributed by atoms with E-state index in [4.69, 9.17) is 25.8 Å². The number of allylic oxidation sites excluding steroid dienone is 1. The largest absolute Gasteiger partial charge is 0.455 e. The van der Waals surface area contributed by atoms with Crippen molar-refractivity contribution in [1.29, 1.82) is 0 Å². The van der Waals surface area contributed by atoms with E-state index in [-0.39, 0.29) is 58.1 Å². The molecule has 0 spiro atoms. The number of benzene rings is 4. The van der Waals surface area contributed by atoms with Crippen LogP contribution in [0.3, 0.4) is 0 Å². The number of likely N-dealkylation sites (tertiary alicyclic amines) is 1. The minimum Gasteiger partial charge on any atom is -0.455 e. The maximum absolute atomic E-state index is 14.3. The molecule has 3 aromatic heterocycles. The van der Waals surface area contributed by atoms with Crippen LogP contribution in [0.1, 0.15) is 126 Å². The van der Waals surface area contributed by atoms with Gasteiger partial charge in [-0.2, -0.15) is 0 Å². The van der Waals surface area contributed by atoms with Gasteiger partial charge in [-0.1, -0.05) is 88.2 Å². The number of carbonyl (C=O) groups is 3. The molecule has 3 amide bonds. The number of ether oxygens (including phenoxy) is 3. The average molecular weight is 1500 g/mol. The molecule has 8 N–H and O–H groups in total. The number of nitrogens with zero attached hydrogens (tertiary/aromatic N) is 7. The molecule has 6 heterocycles. The maximum atomic E-state index is 14.3. The summed E-state index contributed by atoms with van der Waals surface area (Å²) in [7, 11) is -4.45. The number of sulfonamides is 1. The number of amides is 3. The van der Waals surface area contributed by atoms with Crippen LogP contribution in [-0.2, 0) is 29.1 Å². The number of β-amino-alcohol motifs (C(OH)–C–C–N with tert-alkyl or cyclic N) is 1. The van der Waals surface area contributed by atoms with E-state index in [1.165, 1.54) is 33.7 Å². The van der Waals surface area contributed by atoms with Gasteiger partial charge in [0.05, 0.1) is 88.7 Å². The number of piperazine rings is 2. The fraction of sp³-hybridized carbons (Fsp3) is 0.506. The fourth-order valence-electron chi connectivity index (χ4n) is 15.4. The summed E-state index contributed by atoms with van der Waals surface area (Å²) in [4.78, 5) is 66.4. The lowest BCUT2D eigenvalue weighted by Crippen LogP contribution is -2.57. The SMILES string of the molecule is Cc1ncsc1-c1ccc([C@H](C)NC(=O)[C@@H]2C[C@@H](O)CN2C(=O)[C@@H](NCCOCCOCCN2CCN(C3CCC(CNc4ccc(S(=O)(=O)NC(=O)c5ccc(N6CCN(CC7=C(c8ccc(Cl)cc8)CC(C)(C)CC7)CC6)cc5Oc5cnc6[nH]ccc6c5)cc4NO)CC3)CC2)C(C)(C)C)cc1. The number of H-pyrrole nitrogens is 1. The second kappa shape index (κ2) is 34.6. The molecule has 0 unspecified atom stereocenters. The molecule has 1 saturated carbocycles. The number of carbonyl (C=O) groups excluding carboxylic acids is 3. The van der Waals surface area contributed by atoms with Crippen LogP contribution in [0.25, 0.3) is 27.0 Å². The first-order valence-corrected chi connectivity index (χ1v) is 39.9. The predicted molar refractivity (Wildman–Crippen MR) is 414 cm³/mol. The minimum absolute atomic E-state index is 0.0217. The molecule has 4 fully saturated rings. The minimum atomic E-state index is -4.45. The highest BCUT2D eigenvalue weighted by atomic mass is 35.5. The number of pyridine rings is 1. The first-order chi connectivity index (χ1) is 50.4. The van der Waals surface area contributed by atoms with Gasteiger partial charge in [-0.05, 0) is 152 Å². The Bertz CT molecular complexity index is 4260. The van der Waals surface area contributed by atoms with E-state index in [1.54, 1.807) is 41.9 Å². The number of rotatable bonds is 29. The second-order valence-corrected chi connectivity index (χ2v) is 33.7. The third-order valence-corrected chi connectivity index (χ3v) is 24.1. The van der Waals surface area contributed by atoms with E-state index in [1.807, 2.05) is 94.7 Å². The van der Waals surface area contributed by atoms with E-state index in [0.29, 0.717) is 68.6 Å². The van der Waals surface area contributed by atoms with Crippen molar-refractivity contribution < 1.29 is 47.3 Å². The molecule has 0 bridgehead atoms. The Hall–Kier alpha value is -7.53. The zero-order valence-corrected chi connectivity index (χ0v) is 64.0. The molecule has 7 aromatic rings. The smallest absolute Gasteiger partial charge is 0.268 e. The number of hydrogen-bond acceptors (Lipinski definition) is 20. The fourth-order valence-corrected chi connectivity index (χ4v) is 17.3. The third-order valence-electron chi connectivity index (χ3n) is 21.6. The normalized spacial score (nSPS) is 20.6. The lowest BCUT2D eigenvalue weighted by molar-refractivity contribution is -0.142. The van der Waals surface area contributed by atoms with Gasteiger partial charge >= 0.3 is 0 Å². The molecule has 5 aliphatic rings. The first-order valence-electron chi connectivity index (χ1n) is 37.1. The van der Waals surface area contributed by atoms with Crippen molar-refractivity contribution in [1.82, 2.24) is 49.9 Å².